The van der Waals surface area contributed by atoms with Crippen LogP contribution in [0.2, 0.25) is 0 Å². The van der Waals surface area contributed by atoms with Gasteiger partial charge in [-0.25, -0.2) is 0 Å². The molecule has 78 valence electrons. The van der Waals surface area contributed by atoms with Crippen LogP contribution in [0.5, 0.6) is 0 Å². The first-order valence-electron chi connectivity index (χ1n) is 5.37. The smallest absolute Gasteiger partial charge is 0.142 e. The van der Waals surface area contributed by atoms with Crippen molar-refractivity contribution in [3.63, 3.8) is 0 Å². The number of rotatable bonds is 3. The van der Waals surface area contributed by atoms with Crippen molar-refractivity contribution in [2.24, 2.45) is 0 Å². The Bertz CT molecular complexity index is 347. The van der Waals surface area contributed by atoms with Crippen molar-refractivity contribution in [1.29, 1.82) is 0 Å². The topological polar surface area (TPSA) is 20.3 Å². The van der Waals surface area contributed by atoms with E-state index in [2.05, 4.69) is 17.0 Å². The normalized spacial score (nSPS) is 16.1. The molecule has 2 rings (SSSR count). The summed E-state index contributed by atoms with van der Waals surface area (Å²) in [5.41, 5.74) is 2.36. The molecular formula is C13H15NO. The Labute approximate surface area is 90.2 Å². The van der Waals surface area contributed by atoms with Gasteiger partial charge in [-0.2, -0.15) is 0 Å². The van der Waals surface area contributed by atoms with E-state index >= 15 is 0 Å². The van der Waals surface area contributed by atoms with Crippen molar-refractivity contribution in [3.8, 4) is 0 Å². The Morgan fingerprint density at radius 3 is 2.33 bits per heavy atom. The van der Waals surface area contributed by atoms with E-state index in [-0.39, 0.29) is 0 Å². The maximum absolute atomic E-state index is 10.2. The number of nitrogens with zero attached hydrogens (tertiary/aromatic N) is 1. The van der Waals surface area contributed by atoms with Gasteiger partial charge in [-0.1, -0.05) is 18.2 Å². The molecule has 0 unspecified atom stereocenters. The Balaban J connectivity index is 2.09. The fourth-order valence-corrected chi connectivity index (χ4v) is 1.92. The summed E-state index contributed by atoms with van der Waals surface area (Å²) in [6.07, 6.45) is 6.74. The minimum absolute atomic E-state index is 0.800. The van der Waals surface area contributed by atoms with Crippen molar-refractivity contribution in [2.45, 2.75) is 12.8 Å². The quantitative estimate of drug-likeness (QED) is 0.553. The molecule has 1 aliphatic heterocycles. The third-order valence-corrected chi connectivity index (χ3v) is 2.73. The lowest BCUT2D eigenvalue weighted by atomic mass is 10.2. The molecule has 0 amide bonds. The van der Waals surface area contributed by atoms with Crippen molar-refractivity contribution < 1.29 is 4.79 Å². The molecule has 0 aliphatic carbocycles. The average Bonchev–Trinajstić information content (AvgIpc) is 2.80. The summed E-state index contributed by atoms with van der Waals surface area (Å²) in [6.45, 7) is 2.34. The van der Waals surface area contributed by atoms with E-state index in [0.717, 1.165) is 11.8 Å². The maximum atomic E-state index is 10.2. The summed E-state index contributed by atoms with van der Waals surface area (Å²) in [7, 11) is 0. The minimum Gasteiger partial charge on any atom is -0.372 e. The van der Waals surface area contributed by atoms with Gasteiger partial charge in [0.05, 0.1) is 0 Å². The predicted molar refractivity (Wildman–Crippen MR) is 63.0 cm³/mol. The lowest BCUT2D eigenvalue weighted by molar-refractivity contribution is -0.104. The number of hydrogen-bond donors (Lipinski definition) is 0. The Morgan fingerprint density at radius 2 is 1.73 bits per heavy atom. The largest absolute Gasteiger partial charge is 0.372 e. The van der Waals surface area contributed by atoms with Crippen molar-refractivity contribution in [1.82, 2.24) is 0 Å². The fourth-order valence-electron chi connectivity index (χ4n) is 1.92. The SMILES string of the molecule is O=C/C=C/c1ccc(N2CCCC2)cc1. The maximum Gasteiger partial charge on any atom is 0.142 e. The monoisotopic (exact) mass is 201 g/mol. The van der Waals surface area contributed by atoms with Crippen LogP contribution >= 0.6 is 0 Å². The molecule has 1 saturated heterocycles. The van der Waals surface area contributed by atoms with Gasteiger partial charge in [0.15, 0.2) is 0 Å². The zero-order valence-corrected chi connectivity index (χ0v) is 8.73. The minimum atomic E-state index is 0.800. The van der Waals surface area contributed by atoms with Crippen LogP contribution in [0, 0.1) is 0 Å². The van der Waals surface area contributed by atoms with Crippen LogP contribution in [0.15, 0.2) is 30.3 Å². The van der Waals surface area contributed by atoms with Gasteiger partial charge in [0, 0.05) is 18.8 Å². The highest BCUT2D eigenvalue weighted by Gasteiger charge is 2.11. The molecule has 1 aromatic carbocycles. The lowest BCUT2D eigenvalue weighted by Crippen LogP contribution is -2.17. The molecule has 1 aliphatic rings. The first-order valence-corrected chi connectivity index (χ1v) is 5.37. The third-order valence-electron chi connectivity index (χ3n) is 2.73. The molecule has 0 spiro atoms. The van der Waals surface area contributed by atoms with Crippen LogP contribution in [0.4, 0.5) is 5.69 Å². The van der Waals surface area contributed by atoms with E-state index in [1.54, 1.807) is 0 Å². The van der Waals surface area contributed by atoms with Crippen molar-refractivity contribution in [2.75, 3.05) is 18.0 Å². The summed E-state index contributed by atoms with van der Waals surface area (Å²) in [5, 5.41) is 0. The zero-order valence-electron chi connectivity index (χ0n) is 8.73. The summed E-state index contributed by atoms with van der Waals surface area (Å²) < 4.78 is 0. The number of carbonyl (C=O) groups is 1. The lowest BCUT2D eigenvalue weighted by Gasteiger charge is -2.17. The highest BCUT2D eigenvalue weighted by Crippen LogP contribution is 2.20. The van der Waals surface area contributed by atoms with Gasteiger partial charge < -0.3 is 4.90 Å². The average molecular weight is 201 g/mol. The van der Waals surface area contributed by atoms with Crippen molar-refractivity contribution >= 4 is 18.0 Å². The van der Waals surface area contributed by atoms with E-state index in [4.69, 9.17) is 0 Å². The molecule has 1 aromatic rings. The number of carbonyl (C=O) groups excluding carboxylic acids is 1. The van der Waals surface area contributed by atoms with E-state index in [1.165, 1.54) is 37.7 Å². The standard InChI is InChI=1S/C13H15NO/c15-11-3-4-12-5-7-13(8-6-12)14-9-1-2-10-14/h3-8,11H,1-2,9-10H2/b4-3+. The molecule has 2 nitrogen and oxygen atoms in total. The zero-order chi connectivity index (χ0) is 10.5. The van der Waals surface area contributed by atoms with Gasteiger partial charge in [0.25, 0.3) is 0 Å². The first-order chi connectivity index (χ1) is 7.40. The Hall–Kier alpha value is -1.57. The summed E-state index contributed by atoms with van der Waals surface area (Å²) in [6, 6.07) is 8.34. The van der Waals surface area contributed by atoms with Crippen LogP contribution < -0.4 is 4.90 Å². The number of anilines is 1. The van der Waals surface area contributed by atoms with Crippen LogP contribution in [-0.4, -0.2) is 19.4 Å². The van der Waals surface area contributed by atoms with Gasteiger partial charge in [0.2, 0.25) is 0 Å². The molecule has 0 saturated carbocycles. The number of benzene rings is 1. The van der Waals surface area contributed by atoms with Gasteiger partial charge in [0.1, 0.15) is 6.29 Å². The van der Waals surface area contributed by atoms with E-state index in [0.29, 0.717) is 0 Å². The molecule has 0 aromatic heterocycles. The number of allylic oxidation sites excluding steroid dienone is 1. The Morgan fingerprint density at radius 1 is 1.07 bits per heavy atom. The molecule has 1 fully saturated rings. The molecule has 0 radical (unpaired) electrons. The second kappa shape index (κ2) is 4.78. The molecule has 0 atom stereocenters. The fraction of sp³-hybridized carbons (Fsp3) is 0.308. The van der Waals surface area contributed by atoms with E-state index in [9.17, 15) is 4.79 Å². The molecule has 0 bridgehead atoms. The van der Waals surface area contributed by atoms with Gasteiger partial charge in [-0.3, -0.25) is 4.79 Å². The second-order valence-electron chi connectivity index (χ2n) is 3.78. The second-order valence-corrected chi connectivity index (χ2v) is 3.78. The molecule has 0 N–H and O–H groups in total. The number of hydrogen-bond acceptors (Lipinski definition) is 2. The highest BCUT2D eigenvalue weighted by atomic mass is 16.1. The van der Waals surface area contributed by atoms with Crippen LogP contribution in [0.25, 0.3) is 6.08 Å². The van der Waals surface area contributed by atoms with Crippen molar-refractivity contribution in [3.05, 3.63) is 35.9 Å². The molecule has 1 heterocycles. The Kier molecular flexibility index (Phi) is 3.18. The summed E-state index contributed by atoms with van der Waals surface area (Å²) >= 11 is 0. The molecule has 2 heteroatoms. The number of aldehydes is 1. The van der Waals surface area contributed by atoms with Gasteiger partial charge in [-0.15, -0.1) is 0 Å². The highest BCUT2D eigenvalue weighted by molar-refractivity contribution is 5.74. The molecule has 15 heavy (non-hydrogen) atoms. The van der Waals surface area contributed by atoms with Crippen LogP contribution in [0.1, 0.15) is 18.4 Å². The summed E-state index contributed by atoms with van der Waals surface area (Å²) in [5.74, 6) is 0. The third kappa shape index (κ3) is 2.46. The summed E-state index contributed by atoms with van der Waals surface area (Å²) in [4.78, 5) is 12.6. The van der Waals surface area contributed by atoms with Gasteiger partial charge >= 0.3 is 0 Å². The first kappa shape index (κ1) is 9.97. The predicted octanol–water partition coefficient (Wildman–Crippen LogP) is 2.50. The van der Waals surface area contributed by atoms with Crippen LogP contribution in [-0.2, 0) is 4.79 Å². The molecular weight excluding hydrogens is 186 g/mol. The van der Waals surface area contributed by atoms with E-state index < -0.39 is 0 Å². The van der Waals surface area contributed by atoms with Gasteiger partial charge in [-0.05, 0) is 36.6 Å². The van der Waals surface area contributed by atoms with E-state index in [1.807, 2.05) is 18.2 Å². The van der Waals surface area contributed by atoms with Crippen LogP contribution in [0.3, 0.4) is 0 Å².